The van der Waals surface area contributed by atoms with Crippen LogP contribution in [-0.4, -0.2) is 12.1 Å². The monoisotopic (exact) mass is 335 g/mol. The van der Waals surface area contributed by atoms with Crippen LogP contribution in [0.3, 0.4) is 0 Å². The van der Waals surface area contributed by atoms with Gasteiger partial charge in [-0.05, 0) is 64.5 Å². The lowest BCUT2D eigenvalue weighted by atomic mass is 9.79. The summed E-state index contributed by atoms with van der Waals surface area (Å²) in [7, 11) is 1.67. The molecule has 3 rings (SSSR count). The van der Waals surface area contributed by atoms with Crippen molar-refractivity contribution in [2.45, 2.75) is 47.0 Å². The summed E-state index contributed by atoms with van der Waals surface area (Å²) in [5, 5.41) is 0. The van der Waals surface area contributed by atoms with Gasteiger partial charge in [0, 0.05) is 12.3 Å². The van der Waals surface area contributed by atoms with E-state index in [1.54, 1.807) is 7.11 Å². The fourth-order valence-corrected chi connectivity index (χ4v) is 3.82. The van der Waals surface area contributed by atoms with Crippen LogP contribution >= 0.6 is 0 Å². The first-order chi connectivity index (χ1) is 11.9. The summed E-state index contributed by atoms with van der Waals surface area (Å²) in [6.45, 7) is 9.27. The molecule has 132 valence electrons. The van der Waals surface area contributed by atoms with Gasteiger partial charge in [-0.1, -0.05) is 52.0 Å². The molecule has 0 fully saturated rings. The zero-order chi connectivity index (χ0) is 18.0. The Bertz CT molecular complexity index is 786. The number of allylic oxidation sites excluding steroid dienone is 2. The SMILES string of the molecule is COc1cc(-c2ccc(CC(C)C)cc2C2=CCCC2(C)C)ccn1. The highest BCUT2D eigenvalue weighted by Crippen LogP contribution is 2.47. The van der Waals surface area contributed by atoms with E-state index in [4.69, 9.17) is 4.74 Å². The van der Waals surface area contributed by atoms with Gasteiger partial charge in [0.1, 0.15) is 0 Å². The normalized spacial score (nSPS) is 16.2. The van der Waals surface area contributed by atoms with Crippen LogP contribution in [-0.2, 0) is 6.42 Å². The van der Waals surface area contributed by atoms with Crippen molar-refractivity contribution in [3.05, 3.63) is 53.7 Å². The molecule has 2 nitrogen and oxygen atoms in total. The van der Waals surface area contributed by atoms with Gasteiger partial charge in [-0.15, -0.1) is 0 Å². The van der Waals surface area contributed by atoms with E-state index in [-0.39, 0.29) is 5.41 Å². The molecule has 0 bridgehead atoms. The third-order valence-corrected chi connectivity index (χ3v) is 5.12. The molecular weight excluding hydrogens is 306 g/mol. The van der Waals surface area contributed by atoms with E-state index >= 15 is 0 Å². The Morgan fingerprint density at radius 3 is 2.56 bits per heavy atom. The van der Waals surface area contributed by atoms with Crippen molar-refractivity contribution in [3.8, 4) is 17.0 Å². The second kappa shape index (κ2) is 7.03. The third kappa shape index (κ3) is 3.78. The third-order valence-electron chi connectivity index (χ3n) is 5.12. The largest absolute Gasteiger partial charge is 0.481 e. The molecule has 2 aromatic rings. The molecule has 0 saturated heterocycles. The molecule has 0 saturated carbocycles. The van der Waals surface area contributed by atoms with Gasteiger partial charge in [-0.3, -0.25) is 0 Å². The summed E-state index contributed by atoms with van der Waals surface area (Å²) < 4.78 is 5.33. The highest BCUT2D eigenvalue weighted by atomic mass is 16.5. The summed E-state index contributed by atoms with van der Waals surface area (Å²) in [5.74, 6) is 1.32. The molecule has 0 aliphatic heterocycles. The van der Waals surface area contributed by atoms with Crippen molar-refractivity contribution < 1.29 is 4.74 Å². The van der Waals surface area contributed by atoms with Crippen LogP contribution in [0.1, 0.15) is 51.7 Å². The molecule has 1 heterocycles. The summed E-state index contributed by atoms with van der Waals surface area (Å²) in [4.78, 5) is 4.26. The van der Waals surface area contributed by atoms with Gasteiger partial charge >= 0.3 is 0 Å². The van der Waals surface area contributed by atoms with Gasteiger partial charge in [0.15, 0.2) is 0 Å². The molecule has 0 atom stereocenters. The van der Waals surface area contributed by atoms with Gasteiger partial charge in [0.2, 0.25) is 5.88 Å². The van der Waals surface area contributed by atoms with E-state index in [1.807, 2.05) is 12.3 Å². The molecule has 1 aromatic carbocycles. The van der Waals surface area contributed by atoms with Crippen molar-refractivity contribution in [1.82, 2.24) is 4.98 Å². The quantitative estimate of drug-likeness (QED) is 0.653. The van der Waals surface area contributed by atoms with Crippen LogP contribution in [0.2, 0.25) is 0 Å². The number of hydrogen-bond acceptors (Lipinski definition) is 2. The fourth-order valence-electron chi connectivity index (χ4n) is 3.82. The van der Waals surface area contributed by atoms with Crippen LogP contribution in [0.5, 0.6) is 5.88 Å². The van der Waals surface area contributed by atoms with Crippen LogP contribution in [0, 0.1) is 11.3 Å². The van der Waals surface area contributed by atoms with Gasteiger partial charge < -0.3 is 4.74 Å². The van der Waals surface area contributed by atoms with E-state index in [2.05, 4.69) is 63.0 Å². The predicted octanol–water partition coefficient (Wildman–Crippen LogP) is 6.16. The van der Waals surface area contributed by atoms with Crippen LogP contribution < -0.4 is 4.74 Å². The number of benzene rings is 1. The maximum atomic E-state index is 5.33. The van der Waals surface area contributed by atoms with Gasteiger partial charge in [0.25, 0.3) is 0 Å². The smallest absolute Gasteiger partial charge is 0.213 e. The average molecular weight is 335 g/mol. The zero-order valence-electron chi connectivity index (χ0n) is 16.1. The lowest BCUT2D eigenvalue weighted by Crippen LogP contribution is -2.10. The predicted molar refractivity (Wildman–Crippen MR) is 106 cm³/mol. The maximum Gasteiger partial charge on any atom is 0.213 e. The molecule has 0 spiro atoms. The minimum Gasteiger partial charge on any atom is -0.481 e. The summed E-state index contributed by atoms with van der Waals surface area (Å²) in [6, 6.07) is 11.1. The van der Waals surface area contributed by atoms with Crippen molar-refractivity contribution in [3.63, 3.8) is 0 Å². The zero-order valence-corrected chi connectivity index (χ0v) is 16.1. The Hall–Kier alpha value is -2.09. The fraction of sp³-hybridized carbons (Fsp3) is 0.435. The minimum absolute atomic E-state index is 0.225. The Morgan fingerprint density at radius 2 is 1.92 bits per heavy atom. The molecule has 25 heavy (non-hydrogen) atoms. The Balaban J connectivity index is 2.14. The number of methoxy groups -OCH3 is 1. The number of hydrogen-bond donors (Lipinski definition) is 0. The van der Waals surface area contributed by atoms with Gasteiger partial charge in [-0.25, -0.2) is 4.98 Å². The number of rotatable bonds is 5. The Labute approximate surface area is 152 Å². The van der Waals surface area contributed by atoms with Crippen LogP contribution in [0.25, 0.3) is 16.7 Å². The topological polar surface area (TPSA) is 22.1 Å². The standard InChI is InChI=1S/C23H29NO/c1-16(2)13-17-8-9-19(18-10-12-24-22(15-18)25-5)20(14-17)21-7-6-11-23(21,3)4/h7-10,12,14-16H,6,11,13H2,1-5H3. The number of pyridine rings is 1. The molecular formula is C23H29NO. The highest BCUT2D eigenvalue weighted by Gasteiger charge is 2.30. The van der Waals surface area contributed by atoms with Crippen molar-refractivity contribution >= 4 is 5.57 Å². The van der Waals surface area contributed by atoms with Crippen LogP contribution in [0.15, 0.2) is 42.6 Å². The minimum atomic E-state index is 0.225. The molecule has 1 aliphatic carbocycles. The second-order valence-corrected chi connectivity index (χ2v) is 8.11. The van der Waals surface area contributed by atoms with Crippen molar-refractivity contribution in [2.75, 3.05) is 7.11 Å². The Morgan fingerprint density at radius 1 is 1.12 bits per heavy atom. The molecule has 1 aromatic heterocycles. The van der Waals surface area contributed by atoms with Crippen LogP contribution in [0.4, 0.5) is 0 Å². The van der Waals surface area contributed by atoms with E-state index in [0.717, 1.165) is 12.8 Å². The molecule has 0 N–H and O–H groups in total. The lowest BCUT2D eigenvalue weighted by molar-refractivity contribution is 0.398. The molecule has 1 aliphatic rings. The van der Waals surface area contributed by atoms with Crippen molar-refractivity contribution in [1.29, 1.82) is 0 Å². The first-order valence-corrected chi connectivity index (χ1v) is 9.25. The number of aromatic nitrogens is 1. The second-order valence-electron chi connectivity index (χ2n) is 8.11. The molecule has 2 heteroatoms. The number of ether oxygens (including phenoxy) is 1. The van der Waals surface area contributed by atoms with E-state index in [0.29, 0.717) is 11.8 Å². The average Bonchev–Trinajstić information content (AvgIpc) is 2.93. The highest BCUT2D eigenvalue weighted by molar-refractivity contribution is 5.84. The molecule has 0 radical (unpaired) electrons. The summed E-state index contributed by atoms with van der Waals surface area (Å²) in [5.41, 5.74) is 6.93. The van der Waals surface area contributed by atoms with Gasteiger partial charge in [0.05, 0.1) is 7.11 Å². The van der Waals surface area contributed by atoms with Crippen molar-refractivity contribution in [2.24, 2.45) is 11.3 Å². The van der Waals surface area contributed by atoms with Gasteiger partial charge in [-0.2, -0.15) is 0 Å². The molecule has 0 amide bonds. The van der Waals surface area contributed by atoms with E-state index < -0.39 is 0 Å². The maximum absolute atomic E-state index is 5.33. The molecule has 0 unspecified atom stereocenters. The number of nitrogens with zero attached hydrogens (tertiary/aromatic N) is 1. The summed E-state index contributed by atoms with van der Waals surface area (Å²) >= 11 is 0. The summed E-state index contributed by atoms with van der Waals surface area (Å²) in [6.07, 6.45) is 7.75. The first-order valence-electron chi connectivity index (χ1n) is 9.25. The van der Waals surface area contributed by atoms with E-state index in [1.165, 1.54) is 34.2 Å². The first kappa shape index (κ1) is 17.7. The lowest BCUT2D eigenvalue weighted by Gasteiger charge is -2.25. The Kier molecular flexibility index (Phi) is 4.99. The van der Waals surface area contributed by atoms with E-state index in [9.17, 15) is 0 Å².